The van der Waals surface area contributed by atoms with Gasteiger partial charge >= 0.3 is 5.97 Å². The molecule has 0 spiro atoms. The average Bonchev–Trinajstić information content (AvgIpc) is 3.14. The second-order valence-electron chi connectivity index (χ2n) is 5.87. The number of nitrogens with zero attached hydrogens (tertiary/aromatic N) is 1. The zero-order valence-corrected chi connectivity index (χ0v) is 16.8. The van der Waals surface area contributed by atoms with Crippen molar-refractivity contribution in [1.29, 1.82) is 0 Å². The summed E-state index contributed by atoms with van der Waals surface area (Å²) in [7, 11) is 1.27. The SMILES string of the molecule is COC(=O)c1ccccc1NC(=O)Cc1csc(NC(=O)c2ccc(Cl)cc2)n1. The van der Waals surface area contributed by atoms with Crippen LogP contribution in [0, 0.1) is 0 Å². The molecule has 2 amide bonds. The van der Waals surface area contributed by atoms with Gasteiger partial charge in [-0.15, -0.1) is 11.3 Å². The molecule has 1 aromatic heterocycles. The van der Waals surface area contributed by atoms with Gasteiger partial charge in [0.1, 0.15) is 0 Å². The highest BCUT2D eigenvalue weighted by molar-refractivity contribution is 7.14. The molecule has 2 aromatic carbocycles. The van der Waals surface area contributed by atoms with Gasteiger partial charge in [0.25, 0.3) is 5.91 Å². The molecule has 1 heterocycles. The van der Waals surface area contributed by atoms with E-state index in [1.54, 1.807) is 53.9 Å². The molecule has 0 radical (unpaired) electrons. The Morgan fingerprint density at radius 3 is 2.52 bits per heavy atom. The molecule has 0 fully saturated rings. The largest absolute Gasteiger partial charge is 0.465 e. The van der Waals surface area contributed by atoms with Crippen LogP contribution in [-0.2, 0) is 16.0 Å². The summed E-state index contributed by atoms with van der Waals surface area (Å²) in [5, 5.41) is 7.97. The van der Waals surface area contributed by atoms with Crippen LogP contribution in [0.3, 0.4) is 0 Å². The lowest BCUT2D eigenvalue weighted by molar-refractivity contribution is -0.115. The molecule has 0 saturated carbocycles. The Kier molecular flexibility index (Phi) is 6.58. The van der Waals surface area contributed by atoms with Crippen molar-refractivity contribution in [3.05, 3.63) is 75.8 Å². The third-order valence-electron chi connectivity index (χ3n) is 3.83. The van der Waals surface area contributed by atoms with Crippen LogP contribution in [0.1, 0.15) is 26.4 Å². The molecule has 3 rings (SSSR count). The first-order chi connectivity index (χ1) is 14.0. The first-order valence-corrected chi connectivity index (χ1v) is 9.70. The first kappa shape index (κ1) is 20.5. The zero-order chi connectivity index (χ0) is 20.8. The standard InChI is InChI=1S/C20H16ClN3O4S/c1-28-19(27)15-4-2-3-5-16(15)23-17(25)10-14-11-29-20(22-14)24-18(26)12-6-8-13(21)9-7-12/h2-9,11H,10H2,1H3,(H,23,25)(H,22,24,26). The molecule has 148 valence electrons. The lowest BCUT2D eigenvalue weighted by atomic mass is 10.1. The van der Waals surface area contributed by atoms with Gasteiger partial charge in [-0.25, -0.2) is 9.78 Å². The summed E-state index contributed by atoms with van der Waals surface area (Å²) in [6.07, 6.45) is -0.0111. The summed E-state index contributed by atoms with van der Waals surface area (Å²) in [6, 6.07) is 13.0. The predicted octanol–water partition coefficient (Wildman–Crippen LogP) is 4.02. The summed E-state index contributed by atoms with van der Waals surface area (Å²) in [5.74, 6) is -1.21. The maximum Gasteiger partial charge on any atom is 0.339 e. The highest BCUT2D eigenvalue weighted by Crippen LogP contribution is 2.19. The normalized spacial score (nSPS) is 10.3. The van der Waals surface area contributed by atoms with Crippen LogP contribution in [0.15, 0.2) is 53.9 Å². The Balaban J connectivity index is 1.61. The molecular weight excluding hydrogens is 414 g/mol. The Morgan fingerprint density at radius 1 is 1.07 bits per heavy atom. The highest BCUT2D eigenvalue weighted by Gasteiger charge is 2.15. The Morgan fingerprint density at radius 2 is 1.79 bits per heavy atom. The van der Waals surface area contributed by atoms with Crippen LogP contribution >= 0.6 is 22.9 Å². The average molecular weight is 430 g/mol. The molecule has 29 heavy (non-hydrogen) atoms. The monoisotopic (exact) mass is 429 g/mol. The van der Waals surface area contributed by atoms with E-state index in [0.717, 1.165) is 0 Å². The molecule has 2 N–H and O–H groups in total. The maximum atomic E-state index is 12.3. The number of nitrogens with one attached hydrogen (secondary N) is 2. The molecule has 0 bridgehead atoms. The number of para-hydroxylation sites is 1. The summed E-state index contributed by atoms with van der Waals surface area (Å²) in [4.78, 5) is 40.6. The smallest absolute Gasteiger partial charge is 0.339 e. The van der Waals surface area contributed by atoms with Crippen molar-refractivity contribution < 1.29 is 19.1 Å². The number of amides is 2. The third-order valence-corrected chi connectivity index (χ3v) is 4.89. The second-order valence-corrected chi connectivity index (χ2v) is 7.16. The van der Waals surface area contributed by atoms with Gasteiger partial charge in [-0.05, 0) is 36.4 Å². The van der Waals surface area contributed by atoms with Crippen molar-refractivity contribution in [2.24, 2.45) is 0 Å². The van der Waals surface area contributed by atoms with Gasteiger partial charge in [-0.1, -0.05) is 23.7 Å². The van der Waals surface area contributed by atoms with Crippen LogP contribution in [0.2, 0.25) is 5.02 Å². The third kappa shape index (κ3) is 5.40. The first-order valence-electron chi connectivity index (χ1n) is 8.45. The minimum absolute atomic E-state index is 0.0111. The van der Waals surface area contributed by atoms with E-state index in [1.165, 1.54) is 18.4 Å². The number of esters is 1. The number of rotatable bonds is 6. The van der Waals surface area contributed by atoms with E-state index >= 15 is 0 Å². The predicted molar refractivity (Wildman–Crippen MR) is 112 cm³/mol. The van der Waals surface area contributed by atoms with Crippen molar-refractivity contribution >= 4 is 51.5 Å². The highest BCUT2D eigenvalue weighted by atomic mass is 35.5. The number of methoxy groups -OCH3 is 1. The number of carbonyl (C=O) groups is 3. The fraction of sp³-hybridized carbons (Fsp3) is 0.100. The molecule has 7 nitrogen and oxygen atoms in total. The number of benzene rings is 2. The summed E-state index contributed by atoms with van der Waals surface area (Å²) in [5.41, 5.74) is 1.56. The van der Waals surface area contributed by atoms with Crippen molar-refractivity contribution in [3.63, 3.8) is 0 Å². The van der Waals surface area contributed by atoms with Crippen LogP contribution < -0.4 is 10.6 Å². The molecule has 0 aliphatic heterocycles. The van der Waals surface area contributed by atoms with Crippen LogP contribution in [0.4, 0.5) is 10.8 Å². The summed E-state index contributed by atoms with van der Waals surface area (Å²) in [6.45, 7) is 0. The molecule has 0 aliphatic rings. The number of carbonyl (C=O) groups excluding carboxylic acids is 3. The van der Waals surface area contributed by atoms with E-state index in [1.807, 2.05) is 0 Å². The van der Waals surface area contributed by atoms with Crippen LogP contribution in [0.5, 0.6) is 0 Å². The van der Waals surface area contributed by atoms with Crippen molar-refractivity contribution in [3.8, 4) is 0 Å². The van der Waals surface area contributed by atoms with Gasteiger partial charge in [0.05, 0.1) is 30.5 Å². The van der Waals surface area contributed by atoms with Gasteiger partial charge in [0, 0.05) is 16.0 Å². The Hall–Kier alpha value is -3.23. The second kappa shape index (κ2) is 9.31. The Bertz CT molecular complexity index is 1050. The summed E-state index contributed by atoms with van der Waals surface area (Å²) >= 11 is 7.03. The van der Waals surface area contributed by atoms with Gasteiger partial charge in [-0.3, -0.25) is 14.9 Å². The molecule has 0 atom stereocenters. The van der Waals surface area contributed by atoms with Crippen LogP contribution in [-0.4, -0.2) is 29.9 Å². The number of hydrogen-bond acceptors (Lipinski definition) is 6. The van der Waals surface area contributed by atoms with Crippen molar-refractivity contribution in [2.75, 3.05) is 17.7 Å². The van der Waals surface area contributed by atoms with Gasteiger partial charge in [0.2, 0.25) is 5.91 Å². The number of thiazole rings is 1. The van der Waals surface area contributed by atoms with Crippen LogP contribution in [0.25, 0.3) is 0 Å². The molecule has 0 saturated heterocycles. The van der Waals surface area contributed by atoms with E-state index in [9.17, 15) is 14.4 Å². The van der Waals surface area contributed by atoms with Crippen molar-refractivity contribution in [2.45, 2.75) is 6.42 Å². The Labute approximate surface area is 175 Å². The lowest BCUT2D eigenvalue weighted by Gasteiger charge is -2.08. The fourth-order valence-corrected chi connectivity index (χ4v) is 3.29. The van der Waals surface area contributed by atoms with Crippen molar-refractivity contribution in [1.82, 2.24) is 4.98 Å². The lowest BCUT2D eigenvalue weighted by Crippen LogP contribution is -2.17. The molecule has 3 aromatic rings. The topological polar surface area (TPSA) is 97.4 Å². The van der Waals surface area contributed by atoms with Gasteiger partial charge in [-0.2, -0.15) is 0 Å². The number of hydrogen-bond donors (Lipinski definition) is 2. The number of halogens is 1. The molecular formula is C20H16ClN3O4S. The van der Waals surface area contributed by atoms with Gasteiger partial charge in [0.15, 0.2) is 5.13 Å². The maximum absolute atomic E-state index is 12.3. The molecule has 0 unspecified atom stereocenters. The minimum atomic E-state index is -0.540. The fourth-order valence-electron chi connectivity index (χ4n) is 2.46. The quantitative estimate of drug-likeness (QED) is 0.577. The van der Waals surface area contributed by atoms with E-state index in [2.05, 4.69) is 15.6 Å². The molecule has 9 heteroatoms. The minimum Gasteiger partial charge on any atom is -0.465 e. The van der Waals surface area contributed by atoms with E-state index in [4.69, 9.17) is 16.3 Å². The molecule has 0 aliphatic carbocycles. The number of anilines is 2. The zero-order valence-electron chi connectivity index (χ0n) is 15.3. The van der Waals surface area contributed by atoms with E-state index in [0.29, 0.717) is 27.1 Å². The number of ether oxygens (including phenoxy) is 1. The summed E-state index contributed by atoms with van der Waals surface area (Å²) < 4.78 is 4.71. The number of aromatic nitrogens is 1. The van der Waals surface area contributed by atoms with E-state index < -0.39 is 5.97 Å². The van der Waals surface area contributed by atoms with E-state index in [-0.39, 0.29) is 23.8 Å². The van der Waals surface area contributed by atoms with Gasteiger partial charge < -0.3 is 10.1 Å².